The van der Waals surface area contributed by atoms with Crippen molar-refractivity contribution in [3.8, 4) is 17.6 Å². The zero-order valence-corrected chi connectivity index (χ0v) is 13.9. The molecule has 0 saturated heterocycles. The number of ether oxygens (including phenoxy) is 1. The lowest BCUT2D eigenvalue weighted by molar-refractivity contribution is 0.475. The Bertz CT molecular complexity index is 692. The summed E-state index contributed by atoms with van der Waals surface area (Å²) in [6.45, 7) is 4.06. The molecule has 0 heterocycles. The van der Waals surface area contributed by atoms with Crippen molar-refractivity contribution in [1.29, 1.82) is 5.26 Å². The Morgan fingerprint density at radius 1 is 1.19 bits per heavy atom. The van der Waals surface area contributed by atoms with Crippen molar-refractivity contribution in [2.75, 3.05) is 7.05 Å². The van der Waals surface area contributed by atoms with Gasteiger partial charge in [0, 0.05) is 6.04 Å². The van der Waals surface area contributed by atoms with Crippen molar-refractivity contribution in [2.45, 2.75) is 19.9 Å². The van der Waals surface area contributed by atoms with E-state index in [-0.39, 0.29) is 6.04 Å². The number of nitrogens with one attached hydrogen (secondary N) is 1. The zero-order valence-electron chi connectivity index (χ0n) is 12.3. The number of rotatable bonds is 4. The van der Waals surface area contributed by atoms with Crippen molar-refractivity contribution < 1.29 is 4.74 Å². The smallest absolute Gasteiger partial charge is 0.141 e. The molecule has 21 heavy (non-hydrogen) atoms. The van der Waals surface area contributed by atoms with E-state index in [1.54, 1.807) is 12.1 Å². The zero-order chi connectivity index (χ0) is 15.4. The molecule has 0 fully saturated rings. The second-order valence-corrected chi connectivity index (χ2v) is 5.75. The Morgan fingerprint density at radius 3 is 2.57 bits per heavy atom. The second-order valence-electron chi connectivity index (χ2n) is 4.89. The summed E-state index contributed by atoms with van der Waals surface area (Å²) in [5.41, 5.74) is 2.76. The predicted molar refractivity (Wildman–Crippen MR) is 87.6 cm³/mol. The fourth-order valence-corrected chi connectivity index (χ4v) is 2.41. The van der Waals surface area contributed by atoms with Crippen LogP contribution in [0.1, 0.15) is 29.7 Å². The molecule has 1 atom stereocenters. The van der Waals surface area contributed by atoms with Gasteiger partial charge in [0.2, 0.25) is 0 Å². The maximum atomic E-state index is 8.98. The van der Waals surface area contributed by atoms with Crippen LogP contribution in [0.3, 0.4) is 0 Å². The average molecular weight is 345 g/mol. The van der Waals surface area contributed by atoms with Crippen LogP contribution in [-0.4, -0.2) is 7.05 Å². The van der Waals surface area contributed by atoms with Gasteiger partial charge in [0.25, 0.3) is 0 Å². The van der Waals surface area contributed by atoms with Crippen LogP contribution in [0.4, 0.5) is 0 Å². The van der Waals surface area contributed by atoms with Crippen LogP contribution in [0.2, 0.25) is 0 Å². The summed E-state index contributed by atoms with van der Waals surface area (Å²) in [6, 6.07) is 13.8. The van der Waals surface area contributed by atoms with Crippen molar-refractivity contribution in [2.24, 2.45) is 0 Å². The molecule has 2 aromatic rings. The highest BCUT2D eigenvalue weighted by Gasteiger charge is 2.09. The maximum Gasteiger partial charge on any atom is 0.141 e. The summed E-state index contributed by atoms with van der Waals surface area (Å²) >= 11 is 3.54. The lowest BCUT2D eigenvalue weighted by Gasteiger charge is -2.14. The van der Waals surface area contributed by atoms with Gasteiger partial charge in [0.15, 0.2) is 0 Å². The molecule has 0 aliphatic rings. The Kier molecular flexibility index (Phi) is 5.00. The van der Waals surface area contributed by atoms with E-state index in [2.05, 4.69) is 34.2 Å². The van der Waals surface area contributed by atoms with E-state index in [9.17, 15) is 0 Å². The number of nitrogens with zero attached hydrogens (tertiary/aromatic N) is 1. The Hall–Kier alpha value is -1.83. The van der Waals surface area contributed by atoms with Crippen LogP contribution in [0.5, 0.6) is 11.5 Å². The van der Waals surface area contributed by atoms with Gasteiger partial charge in [-0.05, 0) is 72.2 Å². The van der Waals surface area contributed by atoms with Crippen LogP contribution >= 0.6 is 15.9 Å². The molecule has 108 valence electrons. The third-order valence-corrected chi connectivity index (χ3v) is 4.05. The molecule has 0 radical (unpaired) electrons. The molecular formula is C17H17BrN2O. The monoisotopic (exact) mass is 344 g/mol. The molecule has 0 spiro atoms. The molecular weight excluding hydrogens is 328 g/mol. The molecule has 0 saturated carbocycles. The lowest BCUT2D eigenvalue weighted by Crippen LogP contribution is -2.12. The summed E-state index contributed by atoms with van der Waals surface area (Å²) < 4.78 is 6.82. The van der Waals surface area contributed by atoms with Crippen molar-refractivity contribution in [1.82, 2.24) is 5.32 Å². The van der Waals surface area contributed by atoms with Crippen molar-refractivity contribution in [3.05, 3.63) is 57.6 Å². The summed E-state index contributed by atoms with van der Waals surface area (Å²) in [4.78, 5) is 0. The molecule has 1 unspecified atom stereocenters. The topological polar surface area (TPSA) is 45.0 Å². The Morgan fingerprint density at radius 2 is 1.95 bits per heavy atom. The third kappa shape index (κ3) is 3.63. The molecule has 2 rings (SSSR count). The van der Waals surface area contributed by atoms with Crippen LogP contribution < -0.4 is 10.1 Å². The Labute approximate surface area is 133 Å². The van der Waals surface area contributed by atoms with Crippen molar-refractivity contribution in [3.63, 3.8) is 0 Å². The van der Waals surface area contributed by atoms with E-state index in [0.29, 0.717) is 11.3 Å². The molecule has 0 aromatic heterocycles. The molecule has 0 amide bonds. The van der Waals surface area contributed by atoms with Gasteiger partial charge < -0.3 is 10.1 Å². The molecule has 0 aliphatic heterocycles. The van der Waals surface area contributed by atoms with Gasteiger partial charge in [0.1, 0.15) is 11.5 Å². The molecule has 4 heteroatoms. The summed E-state index contributed by atoms with van der Waals surface area (Å²) in [5.74, 6) is 1.43. The van der Waals surface area contributed by atoms with Gasteiger partial charge in [-0.25, -0.2) is 0 Å². The largest absolute Gasteiger partial charge is 0.456 e. The SMILES string of the molecule is CNC(C)c1ccc(Oc2cc(C#N)ccc2C)c(Br)c1. The minimum Gasteiger partial charge on any atom is -0.456 e. The lowest BCUT2D eigenvalue weighted by atomic mass is 10.1. The normalized spacial score (nSPS) is 11.8. The van der Waals surface area contributed by atoms with E-state index in [1.165, 1.54) is 5.56 Å². The van der Waals surface area contributed by atoms with Gasteiger partial charge in [-0.3, -0.25) is 0 Å². The number of hydrogen-bond acceptors (Lipinski definition) is 3. The first-order chi connectivity index (χ1) is 10.0. The maximum absolute atomic E-state index is 8.98. The van der Waals surface area contributed by atoms with Crippen LogP contribution in [0.15, 0.2) is 40.9 Å². The van der Waals surface area contributed by atoms with Gasteiger partial charge in [-0.15, -0.1) is 0 Å². The standard InChI is InChI=1S/C17H17BrN2O/c1-11-4-5-13(10-19)8-17(11)21-16-7-6-14(9-15(16)18)12(2)20-3/h4-9,12,20H,1-3H3. The molecule has 1 N–H and O–H groups in total. The molecule has 3 nitrogen and oxygen atoms in total. The fraction of sp³-hybridized carbons (Fsp3) is 0.235. The van der Waals surface area contributed by atoms with E-state index in [1.807, 2.05) is 38.2 Å². The summed E-state index contributed by atoms with van der Waals surface area (Å²) in [6.07, 6.45) is 0. The predicted octanol–water partition coefficient (Wildman–Crippen LogP) is 4.70. The van der Waals surface area contributed by atoms with Gasteiger partial charge in [0.05, 0.1) is 16.1 Å². The minimum absolute atomic E-state index is 0.277. The van der Waals surface area contributed by atoms with Gasteiger partial charge in [-0.1, -0.05) is 12.1 Å². The first kappa shape index (κ1) is 15.6. The highest BCUT2D eigenvalue weighted by Crippen LogP contribution is 2.33. The number of halogens is 1. The van der Waals surface area contributed by atoms with Crippen molar-refractivity contribution >= 4 is 15.9 Å². The van der Waals surface area contributed by atoms with E-state index < -0.39 is 0 Å². The first-order valence-corrected chi connectivity index (χ1v) is 7.49. The van der Waals surface area contributed by atoms with Crippen LogP contribution in [-0.2, 0) is 0 Å². The average Bonchev–Trinajstić information content (AvgIpc) is 2.50. The summed E-state index contributed by atoms with van der Waals surface area (Å²) in [7, 11) is 1.93. The molecule has 2 aromatic carbocycles. The third-order valence-electron chi connectivity index (χ3n) is 3.43. The Balaban J connectivity index is 2.30. The summed E-state index contributed by atoms with van der Waals surface area (Å²) in [5, 5.41) is 12.2. The van der Waals surface area contributed by atoms with Gasteiger partial charge in [-0.2, -0.15) is 5.26 Å². The van der Waals surface area contributed by atoms with E-state index >= 15 is 0 Å². The first-order valence-electron chi connectivity index (χ1n) is 6.70. The number of hydrogen-bond donors (Lipinski definition) is 1. The quantitative estimate of drug-likeness (QED) is 0.873. The van der Waals surface area contributed by atoms with Crippen LogP contribution in [0.25, 0.3) is 0 Å². The van der Waals surface area contributed by atoms with Gasteiger partial charge >= 0.3 is 0 Å². The molecule has 0 aliphatic carbocycles. The second kappa shape index (κ2) is 6.75. The number of nitriles is 1. The number of aryl methyl sites for hydroxylation is 1. The highest BCUT2D eigenvalue weighted by atomic mass is 79.9. The molecule has 0 bridgehead atoms. The minimum atomic E-state index is 0.277. The van der Waals surface area contributed by atoms with E-state index in [4.69, 9.17) is 10.00 Å². The highest BCUT2D eigenvalue weighted by molar-refractivity contribution is 9.10. The van der Waals surface area contributed by atoms with E-state index in [0.717, 1.165) is 15.8 Å². The van der Waals surface area contributed by atoms with Crippen LogP contribution in [0, 0.1) is 18.3 Å². The fourth-order valence-electron chi connectivity index (χ4n) is 1.93. The number of benzene rings is 2.